The molecule has 3 rings (SSSR count). The van der Waals surface area contributed by atoms with Crippen LogP contribution in [0, 0.1) is 5.92 Å². The molecule has 1 aromatic heterocycles. The van der Waals surface area contributed by atoms with Crippen molar-refractivity contribution < 1.29 is 4.74 Å². The van der Waals surface area contributed by atoms with E-state index in [1.165, 1.54) is 30.3 Å². The zero-order valence-corrected chi connectivity index (χ0v) is 11.4. The van der Waals surface area contributed by atoms with E-state index < -0.39 is 0 Å². The van der Waals surface area contributed by atoms with Crippen molar-refractivity contribution >= 4 is 10.8 Å². The van der Waals surface area contributed by atoms with Crippen LogP contribution in [0.4, 0.5) is 0 Å². The lowest BCUT2D eigenvalue weighted by atomic mass is 9.91. The predicted octanol–water partition coefficient (Wildman–Crippen LogP) is 2.79. The van der Waals surface area contributed by atoms with E-state index in [0.717, 1.165) is 24.3 Å². The van der Waals surface area contributed by atoms with Crippen LogP contribution in [0.2, 0.25) is 0 Å². The van der Waals surface area contributed by atoms with E-state index in [2.05, 4.69) is 34.6 Å². The number of nitrogens with zero attached hydrogens (tertiary/aromatic N) is 1. The molecule has 1 saturated heterocycles. The first-order chi connectivity index (χ1) is 9.36. The van der Waals surface area contributed by atoms with Gasteiger partial charge in [-0.2, -0.15) is 0 Å². The molecule has 0 bridgehead atoms. The molecule has 3 nitrogen and oxygen atoms in total. The number of benzene rings is 1. The summed E-state index contributed by atoms with van der Waals surface area (Å²) in [5.74, 6) is 1.48. The Labute approximate surface area is 114 Å². The molecular formula is C16H20N2O. The second kappa shape index (κ2) is 5.57. The lowest BCUT2D eigenvalue weighted by Crippen LogP contribution is -2.30. The van der Waals surface area contributed by atoms with Crippen molar-refractivity contribution in [1.29, 1.82) is 0 Å². The van der Waals surface area contributed by atoms with Crippen molar-refractivity contribution in [3.63, 3.8) is 0 Å². The number of aromatic nitrogens is 1. The molecule has 0 radical (unpaired) electrons. The van der Waals surface area contributed by atoms with Gasteiger partial charge in [-0.05, 0) is 61.4 Å². The minimum atomic E-state index is 0.711. The molecular weight excluding hydrogens is 236 g/mol. The van der Waals surface area contributed by atoms with Crippen LogP contribution >= 0.6 is 0 Å². The van der Waals surface area contributed by atoms with Crippen LogP contribution in [-0.2, 0) is 6.42 Å². The van der Waals surface area contributed by atoms with Crippen LogP contribution in [0.15, 0.2) is 30.5 Å². The molecule has 1 fully saturated rings. The summed E-state index contributed by atoms with van der Waals surface area (Å²) >= 11 is 0. The van der Waals surface area contributed by atoms with Crippen LogP contribution in [0.3, 0.4) is 0 Å². The number of nitrogens with one attached hydrogen (secondary N) is 1. The third-order valence-corrected chi connectivity index (χ3v) is 3.91. The Morgan fingerprint density at radius 3 is 3.11 bits per heavy atom. The van der Waals surface area contributed by atoms with E-state index in [0.29, 0.717) is 5.88 Å². The molecule has 100 valence electrons. The standard InChI is InChI=1S/C16H20N2O/c1-19-16-15-5-4-12(10-14(15)6-8-18-16)9-13-3-2-7-17-11-13/h4-6,8,10,13,17H,2-3,7,9,11H2,1H3. The number of hydrogen-bond donors (Lipinski definition) is 1. The molecule has 1 aliphatic rings. The molecule has 1 N–H and O–H groups in total. The van der Waals surface area contributed by atoms with E-state index in [1.54, 1.807) is 7.11 Å². The normalized spacial score (nSPS) is 19.5. The zero-order valence-electron chi connectivity index (χ0n) is 11.4. The van der Waals surface area contributed by atoms with Crippen LogP contribution in [-0.4, -0.2) is 25.2 Å². The van der Waals surface area contributed by atoms with Gasteiger partial charge in [-0.25, -0.2) is 4.98 Å². The third kappa shape index (κ3) is 2.71. The summed E-state index contributed by atoms with van der Waals surface area (Å²) in [6.45, 7) is 2.33. The molecule has 1 aromatic carbocycles. The number of ether oxygens (including phenoxy) is 1. The Morgan fingerprint density at radius 2 is 2.32 bits per heavy atom. The van der Waals surface area contributed by atoms with Gasteiger partial charge in [0.25, 0.3) is 0 Å². The lowest BCUT2D eigenvalue weighted by molar-refractivity contribution is 0.376. The highest BCUT2D eigenvalue weighted by Crippen LogP contribution is 2.25. The Hall–Kier alpha value is -1.61. The van der Waals surface area contributed by atoms with E-state index in [9.17, 15) is 0 Å². The molecule has 2 aromatic rings. The number of hydrogen-bond acceptors (Lipinski definition) is 3. The molecule has 19 heavy (non-hydrogen) atoms. The first-order valence-electron chi connectivity index (χ1n) is 6.99. The summed E-state index contributed by atoms with van der Waals surface area (Å²) in [7, 11) is 1.67. The van der Waals surface area contributed by atoms with Gasteiger partial charge < -0.3 is 10.1 Å². The second-order valence-corrected chi connectivity index (χ2v) is 5.29. The SMILES string of the molecule is COc1nccc2cc(CC3CCCNC3)ccc12. The van der Waals surface area contributed by atoms with Gasteiger partial charge in [-0.1, -0.05) is 12.1 Å². The molecule has 1 unspecified atom stereocenters. The van der Waals surface area contributed by atoms with Crippen LogP contribution in [0.5, 0.6) is 5.88 Å². The van der Waals surface area contributed by atoms with Crippen LogP contribution in [0.25, 0.3) is 10.8 Å². The van der Waals surface area contributed by atoms with E-state index >= 15 is 0 Å². The molecule has 0 amide bonds. The fourth-order valence-electron chi connectivity index (χ4n) is 2.92. The summed E-state index contributed by atoms with van der Waals surface area (Å²) in [6.07, 6.45) is 5.61. The van der Waals surface area contributed by atoms with Gasteiger partial charge in [0.1, 0.15) is 0 Å². The topological polar surface area (TPSA) is 34.1 Å². The van der Waals surface area contributed by atoms with Gasteiger partial charge in [0.05, 0.1) is 7.11 Å². The van der Waals surface area contributed by atoms with E-state index in [-0.39, 0.29) is 0 Å². The maximum absolute atomic E-state index is 5.30. The Bertz CT molecular complexity index is 562. The maximum Gasteiger partial charge on any atom is 0.221 e. The van der Waals surface area contributed by atoms with Gasteiger partial charge in [0, 0.05) is 11.6 Å². The number of methoxy groups -OCH3 is 1. The summed E-state index contributed by atoms with van der Waals surface area (Å²) in [4.78, 5) is 4.24. The molecule has 1 aliphatic heterocycles. The summed E-state index contributed by atoms with van der Waals surface area (Å²) in [5, 5.41) is 5.79. The number of piperidine rings is 1. The average Bonchev–Trinajstić information content (AvgIpc) is 2.47. The van der Waals surface area contributed by atoms with E-state index in [1.807, 2.05) is 6.20 Å². The highest BCUT2D eigenvalue weighted by Gasteiger charge is 2.13. The Kier molecular flexibility index (Phi) is 3.65. The van der Waals surface area contributed by atoms with Gasteiger partial charge >= 0.3 is 0 Å². The quantitative estimate of drug-likeness (QED) is 0.917. The van der Waals surface area contributed by atoms with Crippen molar-refractivity contribution in [2.75, 3.05) is 20.2 Å². The fourth-order valence-corrected chi connectivity index (χ4v) is 2.92. The minimum absolute atomic E-state index is 0.711. The minimum Gasteiger partial charge on any atom is -0.481 e. The van der Waals surface area contributed by atoms with Crippen molar-refractivity contribution in [3.8, 4) is 5.88 Å². The van der Waals surface area contributed by atoms with Crippen molar-refractivity contribution in [1.82, 2.24) is 10.3 Å². The number of rotatable bonds is 3. The summed E-state index contributed by atoms with van der Waals surface area (Å²) in [6, 6.07) is 8.67. The first kappa shape index (κ1) is 12.4. The molecule has 3 heteroatoms. The lowest BCUT2D eigenvalue weighted by Gasteiger charge is -2.22. The van der Waals surface area contributed by atoms with Gasteiger partial charge in [0.2, 0.25) is 5.88 Å². The summed E-state index contributed by atoms with van der Waals surface area (Å²) in [5.41, 5.74) is 1.41. The first-order valence-corrected chi connectivity index (χ1v) is 6.99. The van der Waals surface area contributed by atoms with Crippen molar-refractivity contribution in [3.05, 3.63) is 36.0 Å². The van der Waals surface area contributed by atoms with E-state index in [4.69, 9.17) is 4.74 Å². The number of fused-ring (bicyclic) bond motifs is 1. The largest absolute Gasteiger partial charge is 0.481 e. The monoisotopic (exact) mass is 256 g/mol. The molecule has 0 aliphatic carbocycles. The van der Waals surface area contributed by atoms with Crippen LogP contribution < -0.4 is 10.1 Å². The van der Waals surface area contributed by atoms with Crippen molar-refractivity contribution in [2.24, 2.45) is 5.92 Å². The second-order valence-electron chi connectivity index (χ2n) is 5.29. The summed E-state index contributed by atoms with van der Waals surface area (Å²) < 4.78 is 5.30. The Morgan fingerprint density at radius 1 is 1.37 bits per heavy atom. The average molecular weight is 256 g/mol. The number of pyridine rings is 1. The highest BCUT2D eigenvalue weighted by molar-refractivity contribution is 5.87. The van der Waals surface area contributed by atoms with Gasteiger partial charge in [-0.15, -0.1) is 0 Å². The van der Waals surface area contributed by atoms with Gasteiger partial charge in [-0.3, -0.25) is 0 Å². The molecule has 0 spiro atoms. The van der Waals surface area contributed by atoms with Crippen LogP contribution in [0.1, 0.15) is 18.4 Å². The highest BCUT2D eigenvalue weighted by atomic mass is 16.5. The predicted molar refractivity (Wildman–Crippen MR) is 77.6 cm³/mol. The molecule has 0 saturated carbocycles. The molecule has 2 heterocycles. The third-order valence-electron chi connectivity index (χ3n) is 3.91. The fraction of sp³-hybridized carbons (Fsp3) is 0.438. The van der Waals surface area contributed by atoms with Gasteiger partial charge in [0.15, 0.2) is 0 Å². The van der Waals surface area contributed by atoms with Crippen molar-refractivity contribution in [2.45, 2.75) is 19.3 Å². The zero-order chi connectivity index (χ0) is 13.1. The molecule has 1 atom stereocenters. The Balaban J connectivity index is 1.85. The maximum atomic E-state index is 5.30. The smallest absolute Gasteiger partial charge is 0.221 e.